The van der Waals surface area contributed by atoms with Gasteiger partial charge in [0.05, 0.1) is 20.3 Å². The Bertz CT molecular complexity index is 878. The summed E-state index contributed by atoms with van der Waals surface area (Å²) in [5.74, 6) is -2.08. The van der Waals surface area contributed by atoms with Gasteiger partial charge in [0.15, 0.2) is 17.6 Å². The van der Waals surface area contributed by atoms with Crippen LogP contribution in [0.1, 0.15) is 10.4 Å². The van der Waals surface area contributed by atoms with Crippen LogP contribution >= 0.6 is 0 Å². The molecule has 1 saturated heterocycles. The maximum Gasteiger partial charge on any atom is 0.337 e. The van der Waals surface area contributed by atoms with Crippen molar-refractivity contribution < 1.29 is 49.0 Å². The Hall–Kier alpha value is -3.13. The second kappa shape index (κ2) is 12.2. The molecule has 0 bridgehead atoms. The summed E-state index contributed by atoms with van der Waals surface area (Å²) in [5.41, 5.74) is 8.31. The Morgan fingerprint density at radius 2 is 1.94 bits per heavy atom. The Morgan fingerprint density at radius 1 is 1.21 bits per heavy atom. The highest BCUT2D eigenvalue weighted by atomic mass is 16.7. The minimum atomic E-state index is -1.78. The molecule has 0 spiro atoms. The number of aliphatic hydroxyl groups is 3. The molecule has 0 unspecified atom stereocenters. The Balaban J connectivity index is 2.01. The van der Waals surface area contributed by atoms with Gasteiger partial charge in [0.2, 0.25) is 6.29 Å². The molecule has 1 aliphatic rings. The van der Waals surface area contributed by atoms with E-state index in [2.05, 4.69) is 14.8 Å². The van der Waals surface area contributed by atoms with Crippen LogP contribution in [-0.4, -0.2) is 108 Å². The summed E-state index contributed by atoms with van der Waals surface area (Å²) < 4.78 is 20.3. The molecule has 33 heavy (non-hydrogen) atoms. The number of ether oxygens (including phenoxy) is 4. The lowest BCUT2D eigenvalue weighted by Gasteiger charge is -2.38. The van der Waals surface area contributed by atoms with E-state index in [1.807, 2.05) is 0 Å². The third kappa shape index (κ3) is 6.68. The lowest BCUT2D eigenvalue weighted by Crippen LogP contribution is -2.61. The fraction of sp³-hybridized carbons (Fsp3) is 0.579. The predicted molar refractivity (Wildman–Crippen MR) is 109 cm³/mol. The number of aliphatic hydroxyl groups excluding tert-OH is 3. The van der Waals surface area contributed by atoms with Crippen LogP contribution in [0.3, 0.4) is 0 Å². The zero-order chi connectivity index (χ0) is 24.5. The summed E-state index contributed by atoms with van der Waals surface area (Å²) in [4.78, 5) is 28.2. The molecule has 1 aromatic carbocycles. The summed E-state index contributed by atoms with van der Waals surface area (Å²) in [7, 11) is 2.59. The number of hydrogen-bond acceptors (Lipinski definition) is 11. The van der Waals surface area contributed by atoms with Crippen LogP contribution in [0.2, 0.25) is 0 Å². The lowest BCUT2D eigenvalue weighted by molar-refractivity contribution is -0.272. The van der Waals surface area contributed by atoms with Gasteiger partial charge < -0.3 is 44.3 Å². The van der Waals surface area contributed by atoms with Gasteiger partial charge in [-0.15, -0.1) is 0 Å². The number of rotatable bonds is 10. The van der Waals surface area contributed by atoms with Crippen LogP contribution in [0.4, 0.5) is 0 Å². The molecule has 182 valence electrons. The minimum absolute atomic E-state index is 0.129. The standard InChI is InChI=1S/C19H26N4O10/c1-23(6-8-31-7-5-21-22-20)17(28)10-3-4-12(11(24)9-10)32-19-15(27)13(25)14(26)16(33-19)18(29)30-2/h3-4,9,13-16,19,24-27H,5-8H2,1-2H3/t13-,14-,15+,16-,19+/m0/s1. The molecule has 4 N–H and O–H groups in total. The summed E-state index contributed by atoms with van der Waals surface area (Å²) >= 11 is 0. The van der Waals surface area contributed by atoms with Gasteiger partial charge in [0.25, 0.3) is 5.91 Å². The van der Waals surface area contributed by atoms with Gasteiger partial charge in [-0.05, 0) is 23.7 Å². The molecule has 14 nitrogen and oxygen atoms in total. The average Bonchev–Trinajstić information content (AvgIpc) is 2.81. The van der Waals surface area contributed by atoms with Crippen LogP contribution in [0, 0.1) is 0 Å². The maximum absolute atomic E-state index is 12.5. The third-order valence-corrected chi connectivity index (χ3v) is 4.77. The van der Waals surface area contributed by atoms with Crippen LogP contribution < -0.4 is 4.74 Å². The van der Waals surface area contributed by atoms with Crippen molar-refractivity contribution in [3.05, 3.63) is 34.2 Å². The second-order valence-electron chi connectivity index (χ2n) is 7.01. The molecule has 1 aliphatic heterocycles. The Kier molecular flexibility index (Phi) is 9.66. The van der Waals surface area contributed by atoms with Crippen molar-refractivity contribution in [2.75, 3.05) is 40.5 Å². The zero-order valence-electron chi connectivity index (χ0n) is 18.0. The van der Waals surface area contributed by atoms with Gasteiger partial charge in [-0.2, -0.15) is 0 Å². The number of likely N-dealkylation sites (N-methyl/N-ethyl adjacent to an activating group) is 1. The number of aromatic hydroxyl groups is 1. The zero-order valence-corrected chi connectivity index (χ0v) is 18.0. The van der Waals surface area contributed by atoms with Crippen molar-refractivity contribution in [2.24, 2.45) is 5.11 Å². The first-order valence-electron chi connectivity index (χ1n) is 9.82. The number of methoxy groups -OCH3 is 1. The molecule has 0 saturated carbocycles. The quantitative estimate of drug-likeness (QED) is 0.110. The predicted octanol–water partition coefficient (Wildman–Crippen LogP) is -0.850. The van der Waals surface area contributed by atoms with E-state index in [4.69, 9.17) is 19.7 Å². The van der Waals surface area contributed by atoms with Crippen LogP contribution in [0.5, 0.6) is 11.5 Å². The van der Waals surface area contributed by atoms with Crippen molar-refractivity contribution in [1.29, 1.82) is 0 Å². The molecule has 5 atom stereocenters. The number of azide groups is 1. The van der Waals surface area contributed by atoms with Crippen LogP contribution in [0.15, 0.2) is 23.3 Å². The Morgan fingerprint density at radius 3 is 2.58 bits per heavy atom. The summed E-state index contributed by atoms with van der Waals surface area (Å²) in [6.07, 6.45) is -8.52. The van der Waals surface area contributed by atoms with Gasteiger partial charge in [-0.25, -0.2) is 4.79 Å². The number of nitrogens with zero attached hydrogens (tertiary/aromatic N) is 4. The smallest absolute Gasteiger partial charge is 0.337 e. The normalized spacial score (nSPS) is 24.5. The molecule has 0 radical (unpaired) electrons. The number of esters is 1. The first-order valence-corrected chi connectivity index (χ1v) is 9.82. The first kappa shape index (κ1) is 26.1. The molecular weight excluding hydrogens is 444 g/mol. The third-order valence-electron chi connectivity index (χ3n) is 4.77. The van der Waals surface area contributed by atoms with Crippen LogP contribution in [-0.2, 0) is 19.0 Å². The number of benzene rings is 1. The molecule has 1 fully saturated rings. The van der Waals surface area contributed by atoms with E-state index in [1.165, 1.54) is 24.1 Å². The Labute approximate surface area is 188 Å². The van der Waals surface area contributed by atoms with E-state index < -0.39 is 48.3 Å². The van der Waals surface area contributed by atoms with Gasteiger partial charge in [0.1, 0.15) is 18.3 Å². The number of carbonyl (C=O) groups is 2. The van der Waals surface area contributed by atoms with Gasteiger partial charge in [-0.3, -0.25) is 4.79 Å². The van der Waals surface area contributed by atoms with Crippen LogP contribution in [0.25, 0.3) is 10.4 Å². The van der Waals surface area contributed by atoms with Gasteiger partial charge >= 0.3 is 5.97 Å². The number of carbonyl (C=O) groups excluding carboxylic acids is 2. The van der Waals surface area contributed by atoms with Gasteiger partial charge in [0, 0.05) is 30.6 Å². The number of hydrogen-bond donors (Lipinski definition) is 4. The second-order valence-corrected chi connectivity index (χ2v) is 7.01. The minimum Gasteiger partial charge on any atom is -0.504 e. The van der Waals surface area contributed by atoms with E-state index in [0.717, 1.165) is 13.2 Å². The molecule has 14 heteroatoms. The molecule has 1 heterocycles. The highest BCUT2D eigenvalue weighted by Gasteiger charge is 2.48. The van der Waals surface area contributed by atoms with E-state index in [0.29, 0.717) is 0 Å². The monoisotopic (exact) mass is 470 g/mol. The number of phenolic OH excluding ortho intramolecular Hbond substituents is 1. The molecule has 1 aromatic rings. The first-order chi connectivity index (χ1) is 15.7. The van der Waals surface area contributed by atoms with Gasteiger partial charge in [-0.1, -0.05) is 5.11 Å². The SMILES string of the molecule is COC(=O)[C@H]1O[C@@H](Oc2ccc(C(=O)N(C)CCOCCN=[N+]=[N-])cc2O)[C@H](O)[C@@H](O)[C@@H]1O. The van der Waals surface area contributed by atoms with Crippen molar-refractivity contribution in [3.63, 3.8) is 0 Å². The largest absolute Gasteiger partial charge is 0.504 e. The highest BCUT2D eigenvalue weighted by Crippen LogP contribution is 2.31. The van der Waals surface area contributed by atoms with Crippen molar-refractivity contribution in [3.8, 4) is 11.5 Å². The fourth-order valence-electron chi connectivity index (χ4n) is 2.91. The highest BCUT2D eigenvalue weighted by molar-refractivity contribution is 5.94. The van der Waals surface area contributed by atoms with E-state index in [-0.39, 0.29) is 37.6 Å². The fourth-order valence-corrected chi connectivity index (χ4v) is 2.91. The summed E-state index contributed by atoms with van der Waals surface area (Å²) in [6.45, 7) is 0.851. The molecule has 0 aromatic heterocycles. The van der Waals surface area contributed by atoms with Crippen molar-refractivity contribution in [1.82, 2.24) is 4.90 Å². The molecule has 0 aliphatic carbocycles. The molecule has 1 amide bonds. The topological polar surface area (TPSA) is 204 Å². The average molecular weight is 470 g/mol. The summed E-state index contributed by atoms with van der Waals surface area (Å²) in [6, 6.07) is 3.73. The van der Waals surface area contributed by atoms with Crippen molar-refractivity contribution in [2.45, 2.75) is 30.7 Å². The number of amides is 1. The van der Waals surface area contributed by atoms with E-state index in [9.17, 15) is 30.0 Å². The molecule has 2 rings (SSSR count). The lowest BCUT2D eigenvalue weighted by atomic mass is 9.99. The maximum atomic E-state index is 12.5. The van der Waals surface area contributed by atoms with E-state index >= 15 is 0 Å². The summed E-state index contributed by atoms with van der Waals surface area (Å²) in [5, 5.41) is 43.6. The molecular formula is C19H26N4O10. The number of phenols is 1. The van der Waals surface area contributed by atoms with E-state index in [1.54, 1.807) is 0 Å². The van der Waals surface area contributed by atoms with Crippen molar-refractivity contribution >= 4 is 11.9 Å².